The molecule has 2 aliphatic rings. The quantitative estimate of drug-likeness (QED) is 0.169. The molecule has 0 amide bonds. The van der Waals surface area contributed by atoms with E-state index in [4.69, 9.17) is 0 Å². The van der Waals surface area contributed by atoms with Crippen LogP contribution in [0.1, 0.15) is 49.9 Å². The number of anilines is 3. The molecule has 60 heavy (non-hydrogen) atoms. The summed E-state index contributed by atoms with van der Waals surface area (Å²) in [6.07, 6.45) is 0. The van der Waals surface area contributed by atoms with Crippen molar-refractivity contribution in [2.45, 2.75) is 38.5 Å². The zero-order valence-electron chi connectivity index (χ0n) is 34.4. The van der Waals surface area contributed by atoms with Crippen LogP contribution in [0, 0.1) is 0 Å². The van der Waals surface area contributed by atoms with Gasteiger partial charge in [0, 0.05) is 43.9 Å². The molecule has 1 aromatic heterocycles. The summed E-state index contributed by atoms with van der Waals surface area (Å²) in [7, 11) is 0. The number of nitrogens with zero attached hydrogens (tertiary/aromatic N) is 2. The third-order valence-corrected chi connectivity index (χ3v) is 13.8. The molecule has 0 fully saturated rings. The topological polar surface area (TPSA) is 8.17 Å². The summed E-state index contributed by atoms with van der Waals surface area (Å²) in [4.78, 5) is 2.52. The van der Waals surface area contributed by atoms with Crippen LogP contribution in [-0.4, -0.2) is 4.57 Å². The highest BCUT2D eigenvalue weighted by Gasteiger charge is 2.39. The number of rotatable bonds is 5. The lowest BCUT2D eigenvalue weighted by molar-refractivity contribution is 0.660. The minimum atomic E-state index is -0.125. The smallest absolute Gasteiger partial charge is 0.0543 e. The molecule has 0 saturated carbocycles. The van der Waals surface area contributed by atoms with Gasteiger partial charge in [-0.3, -0.25) is 0 Å². The van der Waals surface area contributed by atoms with Gasteiger partial charge in [0.25, 0.3) is 0 Å². The lowest BCUT2D eigenvalue weighted by Gasteiger charge is -2.30. The number of fused-ring (bicyclic) bond motifs is 10. The van der Waals surface area contributed by atoms with E-state index < -0.39 is 0 Å². The van der Waals surface area contributed by atoms with Crippen molar-refractivity contribution in [2.24, 2.45) is 0 Å². The molecule has 0 atom stereocenters. The Morgan fingerprint density at radius 3 is 1.68 bits per heavy atom. The minimum Gasteiger partial charge on any atom is -0.310 e. The SMILES string of the molecule is CC1(C)c2ccccc2-c2ccc(N(c3cccc(-c4cccc5c(-n6c7ccccc7c7ccccc76)cccc45)c3)c3cccc4c3-c3ccccc3C4(C)C)cc21. The van der Waals surface area contributed by atoms with Crippen LogP contribution in [0.3, 0.4) is 0 Å². The summed E-state index contributed by atoms with van der Waals surface area (Å²) in [6, 6.07) is 72.3. The van der Waals surface area contributed by atoms with Crippen molar-refractivity contribution >= 4 is 49.6 Å². The number of benzene rings is 9. The Morgan fingerprint density at radius 1 is 0.367 bits per heavy atom. The van der Waals surface area contributed by atoms with E-state index in [1.165, 1.54) is 99.6 Å². The number of aromatic nitrogens is 1. The van der Waals surface area contributed by atoms with Crippen molar-refractivity contribution in [1.29, 1.82) is 0 Å². The number of hydrogen-bond acceptors (Lipinski definition) is 1. The van der Waals surface area contributed by atoms with Crippen LogP contribution >= 0.6 is 0 Å². The molecule has 0 radical (unpaired) electrons. The van der Waals surface area contributed by atoms with E-state index in [-0.39, 0.29) is 10.8 Å². The Hall–Kier alpha value is -7.16. The van der Waals surface area contributed by atoms with Gasteiger partial charge in [-0.25, -0.2) is 0 Å². The Balaban J connectivity index is 1.07. The molecule has 1 heterocycles. The zero-order valence-corrected chi connectivity index (χ0v) is 34.4. The average molecular weight is 769 g/mol. The normalized spacial score (nSPS) is 14.3. The van der Waals surface area contributed by atoms with E-state index in [1.807, 2.05) is 0 Å². The summed E-state index contributed by atoms with van der Waals surface area (Å²) in [5.41, 5.74) is 20.1. The van der Waals surface area contributed by atoms with Gasteiger partial charge in [-0.1, -0.05) is 173 Å². The maximum atomic E-state index is 2.52. The lowest BCUT2D eigenvalue weighted by atomic mass is 9.82. The first-order chi connectivity index (χ1) is 29.3. The van der Waals surface area contributed by atoms with Crippen molar-refractivity contribution in [1.82, 2.24) is 4.57 Å². The fraction of sp³-hybridized carbons (Fsp3) is 0.103. The molecule has 286 valence electrons. The standard InChI is InChI=1S/C58H44N2/c1-57(2)49-27-10-6-22-47(49)56-50(57)28-16-32-55(56)59(39-33-34-43-42-19-5-9-26-48(42)58(3,4)51(43)36-39)38-18-13-17-37(35-38)40-23-14-25-44-41(40)24-15-31-54(44)60-52-29-11-7-20-45(52)46-21-8-12-30-53(46)60/h5-36H,1-4H3. The molecular formula is C58H44N2. The fourth-order valence-electron chi connectivity index (χ4n) is 10.9. The van der Waals surface area contributed by atoms with E-state index >= 15 is 0 Å². The van der Waals surface area contributed by atoms with Gasteiger partial charge in [-0.2, -0.15) is 0 Å². The first-order valence-corrected chi connectivity index (χ1v) is 21.2. The van der Waals surface area contributed by atoms with Crippen molar-refractivity contribution in [3.63, 3.8) is 0 Å². The zero-order chi connectivity index (χ0) is 40.3. The molecule has 2 aliphatic carbocycles. The monoisotopic (exact) mass is 768 g/mol. The molecule has 10 aromatic rings. The van der Waals surface area contributed by atoms with Gasteiger partial charge in [0.2, 0.25) is 0 Å². The summed E-state index contributed by atoms with van der Waals surface area (Å²) < 4.78 is 2.44. The second kappa shape index (κ2) is 12.7. The minimum absolute atomic E-state index is 0.117. The van der Waals surface area contributed by atoms with Crippen molar-refractivity contribution < 1.29 is 0 Å². The third kappa shape index (κ3) is 4.82. The molecule has 12 rings (SSSR count). The summed E-state index contributed by atoms with van der Waals surface area (Å²) in [5, 5.41) is 5.00. The molecule has 0 bridgehead atoms. The Kier molecular flexibility index (Phi) is 7.36. The van der Waals surface area contributed by atoms with Gasteiger partial charge in [-0.05, 0) is 104 Å². The number of hydrogen-bond donors (Lipinski definition) is 0. The molecule has 0 saturated heterocycles. The first kappa shape index (κ1) is 34.8. The Bertz CT molecular complexity index is 3340. The van der Waals surface area contributed by atoms with E-state index in [0.29, 0.717) is 0 Å². The van der Waals surface area contributed by atoms with E-state index in [2.05, 4.69) is 231 Å². The van der Waals surface area contributed by atoms with Crippen LogP contribution < -0.4 is 4.90 Å². The van der Waals surface area contributed by atoms with Crippen LogP contribution in [0.15, 0.2) is 194 Å². The van der Waals surface area contributed by atoms with Gasteiger partial charge in [0.05, 0.1) is 22.4 Å². The van der Waals surface area contributed by atoms with Crippen LogP contribution in [0.2, 0.25) is 0 Å². The van der Waals surface area contributed by atoms with Gasteiger partial charge in [-0.15, -0.1) is 0 Å². The third-order valence-electron chi connectivity index (χ3n) is 13.8. The summed E-state index contributed by atoms with van der Waals surface area (Å²) in [5.74, 6) is 0. The maximum Gasteiger partial charge on any atom is 0.0543 e. The predicted molar refractivity (Wildman–Crippen MR) is 254 cm³/mol. The van der Waals surface area contributed by atoms with E-state index in [9.17, 15) is 0 Å². The summed E-state index contributed by atoms with van der Waals surface area (Å²) in [6.45, 7) is 9.49. The molecular weight excluding hydrogens is 725 g/mol. The van der Waals surface area contributed by atoms with Crippen LogP contribution in [0.5, 0.6) is 0 Å². The van der Waals surface area contributed by atoms with Crippen LogP contribution in [0.4, 0.5) is 17.1 Å². The largest absolute Gasteiger partial charge is 0.310 e. The van der Waals surface area contributed by atoms with Crippen molar-refractivity contribution in [3.05, 3.63) is 216 Å². The highest BCUT2D eigenvalue weighted by atomic mass is 15.1. The van der Waals surface area contributed by atoms with Gasteiger partial charge in [0.15, 0.2) is 0 Å². The van der Waals surface area contributed by atoms with E-state index in [1.54, 1.807) is 0 Å². The first-order valence-electron chi connectivity index (χ1n) is 21.2. The maximum absolute atomic E-state index is 2.52. The highest BCUT2D eigenvalue weighted by molar-refractivity contribution is 6.11. The van der Waals surface area contributed by atoms with E-state index in [0.717, 1.165) is 11.4 Å². The summed E-state index contributed by atoms with van der Waals surface area (Å²) >= 11 is 0. The second-order valence-electron chi connectivity index (χ2n) is 17.7. The Morgan fingerprint density at radius 2 is 0.900 bits per heavy atom. The highest BCUT2D eigenvalue weighted by Crippen LogP contribution is 2.56. The van der Waals surface area contributed by atoms with Gasteiger partial charge in [0.1, 0.15) is 0 Å². The van der Waals surface area contributed by atoms with Crippen LogP contribution in [-0.2, 0) is 10.8 Å². The molecule has 9 aromatic carbocycles. The molecule has 0 spiro atoms. The molecule has 2 nitrogen and oxygen atoms in total. The molecule has 0 aliphatic heterocycles. The lowest BCUT2D eigenvalue weighted by Crippen LogP contribution is -2.17. The fourth-order valence-corrected chi connectivity index (χ4v) is 10.9. The number of para-hydroxylation sites is 2. The second-order valence-corrected chi connectivity index (χ2v) is 17.7. The van der Waals surface area contributed by atoms with Crippen molar-refractivity contribution in [2.75, 3.05) is 4.90 Å². The average Bonchev–Trinajstić information content (AvgIpc) is 3.83. The predicted octanol–water partition coefficient (Wildman–Crippen LogP) is 15.7. The van der Waals surface area contributed by atoms with Gasteiger partial charge < -0.3 is 9.47 Å². The molecule has 2 heteroatoms. The van der Waals surface area contributed by atoms with Crippen molar-refractivity contribution in [3.8, 4) is 39.1 Å². The molecule has 0 unspecified atom stereocenters. The molecule has 0 N–H and O–H groups in total. The Labute approximate surface area is 351 Å². The van der Waals surface area contributed by atoms with Gasteiger partial charge >= 0.3 is 0 Å². The van der Waals surface area contributed by atoms with Crippen LogP contribution in [0.25, 0.3) is 71.6 Å².